The first kappa shape index (κ1) is 26.9. The lowest BCUT2D eigenvalue weighted by Crippen LogP contribution is -2.01. The van der Waals surface area contributed by atoms with Crippen molar-refractivity contribution in [1.29, 1.82) is 0 Å². The van der Waals surface area contributed by atoms with E-state index >= 15 is 0 Å². The predicted octanol–water partition coefficient (Wildman–Crippen LogP) is 6.26. The number of nitrogens with zero attached hydrogens (tertiary/aromatic N) is 6. The van der Waals surface area contributed by atoms with E-state index in [0.717, 1.165) is 5.56 Å². The van der Waals surface area contributed by atoms with Gasteiger partial charge in [0, 0.05) is 15.4 Å². The SMILES string of the molecule is CC.CC.[N-]=[N+]=NCC(=O)c1ccccc1.[N-]=[N+]=NC[C@H](O)c1ccccc1. The molecular weight excluding hydrogens is 356 g/mol. The molecular formula is C20H28N6O2. The van der Waals surface area contributed by atoms with Crippen LogP contribution in [-0.2, 0) is 0 Å². The summed E-state index contributed by atoms with van der Waals surface area (Å²) in [5.74, 6) is -0.159. The fourth-order valence-corrected chi connectivity index (χ4v) is 1.71. The van der Waals surface area contributed by atoms with Crippen molar-refractivity contribution in [3.8, 4) is 0 Å². The molecule has 1 atom stereocenters. The number of Topliss-reactive ketones (excluding diaryl/α,β-unsaturated/α-hetero) is 1. The Morgan fingerprint density at radius 3 is 1.82 bits per heavy atom. The molecule has 2 aromatic rings. The lowest BCUT2D eigenvalue weighted by molar-refractivity contribution is 0.100. The lowest BCUT2D eigenvalue weighted by Gasteiger charge is -2.05. The van der Waals surface area contributed by atoms with Gasteiger partial charge in [-0.3, -0.25) is 4.79 Å². The zero-order valence-electron chi connectivity index (χ0n) is 16.8. The van der Waals surface area contributed by atoms with Crippen LogP contribution in [0, 0.1) is 0 Å². The minimum absolute atomic E-state index is 0.0838. The second-order valence-electron chi connectivity index (χ2n) is 4.52. The molecule has 0 aliphatic rings. The molecule has 2 aromatic carbocycles. The summed E-state index contributed by atoms with van der Waals surface area (Å²) >= 11 is 0. The topological polar surface area (TPSA) is 135 Å². The molecule has 0 radical (unpaired) electrons. The zero-order chi connectivity index (χ0) is 21.6. The van der Waals surface area contributed by atoms with E-state index in [0.29, 0.717) is 5.56 Å². The Balaban J connectivity index is 0. The number of hydrogen-bond acceptors (Lipinski definition) is 4. The zero-order valence-corrected chi connectivity index (χ0v) is 16.8. The molecule has 0 unspecified atom stereocenters. The number of carbonyl (C=O) groups is 1. The van der Waals surface area contributed by atoms with Gasteiger partial charge < -0.3 is 5.11 Å². The minimum Gasteiger partial charge on any atom is -0.388 e. The smallest absolute Gasteiger partial charge is 0.168 e. The molecule has 8 nitrogen and oxygen atoms in total. The van der Waals surface area contributed by atoms with Gasteiger partial charge in [-0.1, -0.05) is 98.6 Å². The number of aliphatic hydroxyl groups is 1. The number of azide groups is 2. The van der Waals surface area contributed by atoms with Gasteiger partial charge in [-0.15, -0.1) is 0 Å². The van der Waals surface area contributed by atoms with E-state index in [4.69, 9.17) is 11.1 Å². The fourth-order valence-electron chi connectivity index (χ4n) is 1.71. The van der Waals surface area contributed by atoms with Crippen molar-refractivity contribution in [2.45, 2.75) is 33.8 Å². The first-order valence-corrected chi connectivity index (χ1v) is 9.02. The quantitative estimate of drug-likeness (QED) is 0.272. The van der Waals surface area contributed by atoms with Crippen LogP contribution in [-0.4, -0.2) is 24.0 Å². The fraction of sp³-hybridized carbons (Fsp3) is 0.350. The normalized spacial score (nSPS) is 9.18. The summed E-state index contributed by atoms with van der Waals surface area (Å²) in [7, 11) is 0. The highest BCUT2D eigenvalue weighted by molar-refractivity contribution is 5.97. The molecule has 0 spiro atoms. The molecule has 0 amide bonds. The maximum atomic E-state index is 11.1. The standard InChI is InChI=1S/C8H9N3O.C8H7N3O.2C2H6/c2*9-11-10-6-8(12)7-4-2-1-3-5-7;2*1-2/h1-5,8,12H,6H2;1-5H,6H2;2*1-2H3/t8-;;;/m0.../s1. The lowest BCUT2D eigenvalue weighted by atomic mass is 10.1. The number of rotatable bonds is 6. The molecule has 0 saturated heterocycles. The van der Waals surface area contributed by atoms with Crippen molar-refractivity contribution >= 4 is 5.78 Å². The van der Waals surface area contributed by atoms with E-state index in [1.165, 1.54) is 0 Å². The number of benzene rings is 2. The van der Waals surface area contributed by atoms with Gasteiger partial charge in [0.25, 0.3) is 0 Å². The van der Waals surface area contributed by atoms with Crippen molar-refractivity contribution in [2.75, 3.05) is 13.1 Å². The van der Waals surface area contributed by atoms with Gasteiger partial charge in [0.2, 0.25) is 0 Å². The first-order chi connectivity index (χ1) is 13.7. The highest BCUT2D eigenvalue weighted by atomic mass is 16.3. The average molecular weight is 384 g/mol. The molecule has 0 bridgehead atoms. The molecule has 0 aromatic heterocycles. The van der Waals surface area contributed by atoms with Crippen molar-refractivity contribution in [1.82, 2.24) is 0 Å². The van der Waals surface area contributed by atoms with Gasteiger partial charge in [-0.05, 0) is 16.6 Å². The van der Waals surface area contributed by atoms with Gasteiger partial charge in [0.1, 0.15) is 0 Å². The van der Waals surface area contributed by atoms with E-state index in [9.17, 15) is 9.90 Å². The van der Waals surface area contributed by atoms with Crippen LogP contribution in [0.2, 0.25) is 0 Å². The monoisotopic (exact) mass is 384 g/mol. The molecule has 8 heteroatoms. The van der Waals surface area contributed by atoms with E-state index in [-0.39, 0.29) is 18.9 Å². The summed E-state index contributed by atoms with van der Waals surface area (Å²) in [6.07, 6.45) is -0.693. The number of aliphatic hydroxyl groups excluding tert-OH is 1. The Kier molecular flexibility index (Phi) is 19.2. The Bertz CT molecular complexity index is 725. The summed E-state index contributed by atoms with van der Waals surface area (Å²) in [4.78, 5) is 16.2. The Hall–Kier alpha value is -3.31. The van der Waals surface area contributed by atoms with Crippen LogP contribution in [0.25, 0.3) is 20.9 Å². The Labute approximate surface area is 166 Å². The third-order valence-corrected chi connectivity index (χ3v) is 2.88. The largest absolute Gasteiger partial charge is 0.388 e. The summed E-state index contributed by atoms with van der Waals surface area (Å²) in [5, 5.41) is 15.8. The van der Waals surface area contributed by atoms with Gasteiger partial charge in [-0.2, -0.15) is 0 Å². The first-order valence-electron chi connectivity index (χ1n) is 9.02. The van der Waals surface area contributed by atoms with E-state index in [2.05, 4.69) is 20.1 Å². The molecule has 0 fully saturated rings. The average Bonchev–Trinajstić information content (AvgIpc) is 2.80. The maximum Gasteiger partial charge on any atom is 0.168 e. The maximum absolute atomic E-state index is 11.1. The number of carbonyl (C=O) groups excluding carboxylic acids is 1. The van der Waals surface area contributed by atoms with Gasteiger partial charge in [0.05, 0.1) is 19.2 Å². The van der Waals surface area contributed by atoms with Crippen LogP contribution in [0.5, 0.6) is 0 Å². The highest BCUT2D eigenvalue weighted by Gasteiger charge is 2.03. The second kappa shape index (κ2) is 20.0. The van der Waals surface area contributed by atoms with E-state index in [1.807, 2.05) is 52.0 Å². The number of hydrogen-bond donors (Lipinski definition) is 1. The Morgan fingerprint density at radius 2 is 1.36 bits per heavy atom. The van der Waals surface area contributed by atoms with Crippen molar-refractivity contribution < 1.29 is 9.90 Å². The van der Waals surface area contributed by atoms with Crippen molar-refractivity contribution in [3.63, 3.8) is 0 Å². The molecule has 0 aliphatic heterocycles. The third kappa shape index (κ3) is 13.0. The molecule has 28 heavy (non-hydrogen) atoms. The Morgan fingerprint density at radius 1 is 0.893 bits per heavy atom. The van der Waals surface area contributed by atoms with Gasteiger partial charge >= 0.3 is 0 Å². The molecule has 1 N–H and O–H groups in total. The molecule has 0 saturated carbocycles. The summed E-state index contributed by atoms with van der Waals surface area (Å²) in [6, 6.07) is 17.8. The molecule has 150 valence electrons. The van der Waals surface area contributed by atoms with Gasteiger partial charge in [0.15, 0.2) is 5.78 Å². The highest BCUT2D eigenvalue weighted by Crippen LogP contribution is 2.11. The number of ketones is 1. The predicted molar refractivity (Wildman–Crippen MR) is 113 cm³/mol. The van der Waals surface area contributed by atoms with Crippen LogP contribution in [0.15, 0.2) is 70.9 Å². The molecule has 2 rings (SSSR count). The summed E-state index contributed by atoms with van der Waals surface area (Å²) in [6.45, 7) is 7.97. The van der Waals surface area contributed by atoms with Crippen molar-refractivity contribution in [2.24, 2.45) is 10.2 Å². The van der Waals surface area contributed by atoms with Crippen LogP contribution in [0.4, 0.5) is 0 Å². The van der Waals surface area contributed by atoms with Crippen molar-refractivity contribution in [3.05, 3.63) is 92.7 Å². The molecule has 0 heterocycles. The minimum atomic E-state index is -0.693. The van der Waals surface area contributed by atoms with Gasteiger partial charge in [-0.25, -0.2) is 0 Å². The van der Waals surface area contributed by atoms with Crippen LogP contribution < -0.4 is 0 Å². The van der Waals surface area contributed by atoms with Crippen LogP contribution in [0.1, 0.15) is 49.7 Å². The van der Waals surface area contributed by atoms with Crippen LogP contribution in [0.3, 0.4) is 0 Å². The second-order valence-corrected chi connectivity index (χ2v) is 4.52. The summed E-state index contributed by atoms with van der Waals surface area (Å²) in [5.41, 5.74) is 17.3. The summed E-state index contributed by atoms with van der Waals surface area (Å²) < 4.78 is 0. The van der Waals surface area contributed by atoms with E-state index in [1.54, 1.807) is 36.4 Å². The van der Waals surface area contributed by atoms with E-state index < -0.39 is 6.10 Å². The molecule has 0 aliphatic carbocycles. The third-order valence-electron chi connectivity index (χ3n) is 2.88. The van der Waals surface area contributed by atoms with Crippen LogP contribution >= 0.6 is 0 Å².